The number of hydrogen-bond acceptors (Lipinski definition) is 3. The quantitative estimate of drug-likeness (QED) is 0.435. The molecule has 0 bridgehead atoms. The van der Waals surface area contributed by atoms with Crippen molar-refractivity contribution in [3.8, 4) is 5.69 Å². The molecule has 27 heavy (non-hydrogen) atoms. The van der Waals surface area contributed by atoms with Crippen LogP contribution < -0.4 is 0 Å². The summed E-state index contributed by atoms with van der Waals surface area (Å²) in [6.45, 7) is 10.7. The Morgan fingerprint density at radius 1 is 1.15 bits per heavy atom. The molecule has 0 N–H and O–H groups in total. The van der Waals surface area contributed by atoms with Crippen LogP contribution in [0.5, 0.6) is 0 Å². The molecule has 2 rings (SSSR count). The Morgan fingerprint density at radius 2 is 1.85 bits per heavy atom. The molecule has 1 heterocycles. The molecule has 0 aliphatic carbocycles. The van der Waals surface area contributed by atoms with Crippen LogP contribution in [0, 0.1) is 0 Å². The predicted octanol–water partition coefficient (Wildman–Crippen LogP) is 5.85. The van der Waals surface area contributed by atoms with Crippen molar-refractivity contribution in [2.24, 2.45) is 0 Å². The van der Waals surface area contributed by atoms with Gasteiger partial charge in [-0.1, -0.05) is 49.3 Å². The van der Waals surface area contributed by atoms with Gasteiger partial charge in [-0.05, 0) is 63.8 Å². The Hall–Kier alpha value is -2.62. The molecular weight excluding hydrogens is 336 g/mol. The van der Waals surface area contributed by atoms with Gasteiger partial charge in [0.2, 0.25) is 0 Å². The van der Waals surface area contributed by atoms with Crippen molar-refractivity contribution in [3.63, 3.8) is 0 Å². The second-order valence-electron chi connectivity index (χ2n) is 7.33. The number of para-hydroxylation sites is 1. The lowest BCUT2D eigenvalue weighted by molar-refractivity contribution is 0.0538. The lowest BCUT2D eigenvalue weighted by Crippen LogP contribution is -2.12. The average Bonchev–Trinajstić information content (AvgIpc) is 3.08. The Kier molecular flexibility index (Phi) is 7.59. The molecule has 0 saturated heterocycles. The highest BCUT2D eigenvalue weighted by Gasteiger charge is 2.19. The van der Waals surface area contributed by atoms with E-state index >= 15 is 0 Å². The number of allylic oxidation sites excluding steroid dienone is 3. The van der Waals surface area contributed by atoms with E-state index in [1.807, 2.05) is 42.5 Å². The lowest BCUT2D eigenvalue weighted by atomic mass is 10.1. The summed E-state index contributed by atoms with van der Waals surface area (Å²) in [5, 5.41) is 4.60. The molecule has 4 heteroatoms. The minimum atomic E-state index is -0.355. The van der Waals surface area contributed by atoms with Gasteiger partial charge in [0.25, 0.3) is 0 Å². The minimum Gasteiger partial charge on any atom is -0.457 e. The van der Waals surface area contributed by atoms with Gasteiger partial charge >= 0.3 is 5.97 Å². The van der Waals surface area contributed by atoms with Crippen LogP contribution in [0.1, 0.15) is 69.6 Å². The molecule has 0 aliphatic heterocycles. The summed E-state index contributed by atoms with van der Waals surface area (Å²) in [6.07, 6.45) is 6.18. The summed E-state index contributed by atoms with van der Waals surface area (Å²) < 4.78 is 7.16. The number of rotatable bonds is 8. The first-order valence-electron chi connectivity index (χ1n) is 9.50. The summed E-state index contributed by atoms with van der Waals surface area (Å²) in [6, 6.07) is 11.5. The number of esters is 1. The number of ether oxygens (including phenoxy) is 1. The van der Waals surface area contributed by atoms with Crippen molar-refractivity contribution in [2.75, 3.05) is 6.61 Å². The largest absolute Gasteiger partial charge is 0.457 e. The van der Waals surface area contributed by atoms with E-state index in [-0.39, 0.29) is 18.5 Å². The third kappa shape index (κ3) is 6.24. The molecule has 0 fully saturated rings. The van der Waals surface area contributed by atoms with Crippen molar-refractivity contribution < 1.29 is 9.53 Å². The normalized spacial score (nSPS) is 11.6. The van der Waals surface area contributed by atoms with E-state index in [1.165, 1.54) is 11.1 Å². The van der Waals surface area contributed by atoms with Gasteiger partial charge in [-0.15, -0.1) is 0 Å². The van der Waals surface area contributed by atoms with Gasteiger partial charge in [0.15, 0.2) is 5.69 Å². The highest BCUT2D eigenvalue weighted by molar-refractivity contribution is 5.88. The van der Waals surface area contributed by atoms with Crippen molar-refractivity contribution in [1.82, 2.24) is 9.78 Å². The molecule has 0 saturated carbocycles. The molecule has 144 valence electrons. The predicted molar refractivity (Wildman–Crippen MR) is 110 cm³/mol. The Morgan fingerprint density at radius 3 is 2.48 bits per heavy atom. The standard InChI is InChI=1S/C23H30N2O2/c1-17(2)10-9-11-19(5)14-15-27-23(26)22-16-21(18(3)4)24-25(22)20-12-7-6-8-13-20/h6-8,10,12-14,16,18H,9,11,15H2,1-5H3/b19-14+. The zero-order valence-electron chi connectivity index (χ0n) is 17.0. The second-order valence-corrected chi connectivity index (χ2v) is 7.33. The molecule has 0 amide bonds. The van der Waals surface area contributed by atoms with E-state index in [4.69, 9.17) is 4.74 Å². The zero-order chi connectivity index (χ0) is 19.8. The van der Waals surface area contributed by atoms with E-state index in [0.29, 0.717) is 5.69 Å². The van der Waals surface area contributed by atoms with E-state index < -0.39 is 0 Å². The van der Waals surface area contributed by atoms with Gasteiger partial charge < -0.3 is 4.74 Å². The number of carbonyl (C=O) groups is 1. The van der Waals surface area contributed by atoms with Crippen LogP contribution in [-0.2, 0) is 4.74 Å². The smallest absolute Gasteiger partial charge is 0.357 e. The maximum Gasteiger partial charge on any atom is 0.357 e. The van der Waals surface area contributed by atoms with Gasteiger partial charge in [-0.2, -0.15) is 5.10 Å². The third-order valence-electron chi connectivity index (χ3n) is 4.27. The maximum absolute atomic E-state index is 12.6. The average molecular weight is 367 g/mol. The molecule has 4 nitrogen and oxygen atoms in total. The van der Waals surface area contributed by atoms with Crippen LogP contribution in [0.3, 0.4) is 0 Å². The molecule has 1 aromatic carbocycles. The van der Waals surface area contributed by atoms with Gasteiger partial charge in [-0.3, -0.25) is 0 Å². The van der Waals surface area contributed by atoms with E-state index in [0.717, 1.165) is 24.2 Å². The van der Waals surface area contributed by atoms with Gasteiger partial charge in [0.1, 0.15) is 6.61 Å². The highest BCUT2D eigenvalue weighted by Crippen LogP contribution is 2.19. The number of carbonyl (C=O) groups excluding carboxylic acids is 1. The highest BCUT2D eigenvalue weighted by atomic mass is 16.5. The van der Waals surface area contributed by atoms with Gasteiger partial charge in [0, 0.05) is 0 Å². The maximum atomic E-state index is 12.6. The molecular formula is C23H30N2O2. The van der Waals surface area contributed by atoms with Crippen LogP contribution >= 0.6 is 0 Å². The molecule has 2 aromatic rings. The topological polar surface area (TPSA) is 44.1 Å². The fraction of sp³-hybridized carbons (Fsp3) is 0.391. The zero-order valence-corrected chi connectivity index (χ0v) is 17.0. The van der Waals surface area contributed by atoms with Crippen LogP contribution in [0.2, 0.25) is 0 Å². The summed E-state index contributed by atoms with van der Waals surface area (Å²) in [7, 11) is 0. The monoisotopic (exact) mass is 366 g/mol. The SMILES string of the molecule is CC(C)=CCC/C(C)=C/COC(=O)c1cc(C(C)C)nn1-c1ccccc1. The Bertz CT molecular complexity index is 810. The summed E-state index contributed by atoms with van der Waals surface area (Å²) in [4.78, 5) is 12.6. The fourth-order valence-electron chi connectivity index (χ4n) is 2.62. The van der Waals surface area contributed by atoms with Gasteiger partial charge in [0.05, 0.1) is 11.4 Å². The number of benzene rings is 1. The van der Waals surface area contributed by atoms with Crippen molar-refractivity contribution in [2.45, 2.75) is 53.4 Å². The fourth-order valence-corrected chi connectivity index (χ4v) is 2.62. The third-order valence-corrected chi connectivity index (χ3v) is 4.27. The molecule has 0 atom stereocenters. The van der Waals surface area contributed by atoms with Crippen LogP contribution in [0.25, 0.3) is 5.69 Å². The van der Waals surface area contributed by atoms with Crippen LogP contribution in [0.4, 0.5) is 0 Å². The first-order chi connectivity index (χ1) is 12.9. The molecule has 0 aliphatic rings. The first kappa shape index (κ1) is 20.7. The van der Waals surface area contributed by atoms with Crippen LogP contribution in [0.15, 0.2) is 59.7 Å². The molecule has 0 radical (unpaired) electrons. The van der Waals surface area contributed by atoms with E-state index in [9.17, 15) is 4.79 Å². The first-order valence-corrected chi connectivity index (χ1v) is 9.50. The molecule has 0 spiro atoms. The second kappa shape index (κ2) is 9.91. The minimum absolute atomic E-state index is 0.235. The summed E-state index contributed by atoms with van der Waals surface area (Å²) in [5.41, 5.74) is 4.73. The van der Waals surface area contributed by atoms with E-state index in [1.54, 1.807) is 4.68 Å². The number of nitrogens with zero attached hydrogens (tertiary/aromatic N) is 2. The summed E-state index contributed by atoms with van der Waals surface area (Å²) >= 11 is 0. The van der Waals surface area contributed by atoms with E-state index in [2.05, 4.69) is 45.8 Å². The molecule has 1 aromatic heterocycles. The van der Waals surface area contributed by atoms with Crippen molar-refractivity contribution in [1.29, 1.82) is 0 Å². The van der Waals surface area contributed by atoms with Crippen molar-refractivity contribution >= 4 is 5.97 Å². The van der Waals surface area contributed by atoms with Crippen LogP contribution in [-0.4, -0.2) is 22.4 Å². The van der Waals surface area contributed by atoms with Crippen molar-refractivity contribution in [3.05, 3.63) is 71.1 Å². The summed E-state index contributed by atoms with van der Waals surface area (Å²) in [5.74, 6) is -0.120. The lowest BCUT2D eigenvalue weighted by Gasteiger charge is -2.07. The van der Waals surface area contributed by atoms with Gasteiger partial charge in [-0.25, -0.2) is 9.48 Å². The molecule has 0 unspecified atom stereocenters. The number of aromatic nitrogens is 2. The Balaban J connectivity index is 2.08. The Labute approximate surface area is 162 Å². The number of hydrogen-bond donors (Lipinski definition) is 0.